The first-order valence-electron chi connectivity index (χ1n) is 11.4. The van der Waals surface area contributed by atoms with Crippen molar-refractivity contribution in [2.24, 2.45) is 11.8 Å². The van der Waals surface area contributed by atoms with Crippen LogP contribution in [0.1, 0.15) is 46.1 Å². The fourth-order valence-electron chi connectivity index (χ4n) is 3.18. The van der Waals surface area contributed by atoms with Crippen LogP contribution < -0.4 is 10.6 Å². The molecule has 0 aliphatic rings. The van der Waals surface area contributed by atoms with Gasteiger partial charge in [0.2, 0.25) is 5.91 Å². The van der Waals surface area contributed by atoms with E-state index in [0.717, 1.165) is 5.56 Å². The summed E-state index contributed by atoms with van der Waals surface area (Å²) in [6.45, 7) is 6.67. The number of aliphatic carboxylic acids is 1. The van der Waals surface area contributed by atoms with Crippen molar-refractivity contribution in [3.8, 4) is 0 Å². The molecule has 0 aromatic heterocycles. The molecule has 0 unspecified atom stereocenters. The van der Waals surface area contributed by atoms with Crippen LogP contribution in [0.25, 0.3) is 0 Å². The smallest absolute Gasteiger partial charge is 0.408 e. The summed E-state index contributed by atoms with van der Waals surface area (Å²) in [5.41, 5.74) is 0.745. The van der Waals surface area contributed by atoms with Crippen LogP contribution in [0.5, 0.6) is 0 Å². The topological polar surface area (TPSA) is 157 Å². The van der Waals surface area contributed by atoms with E-state index >= 15 is 0 Å². The molecule has 1 rings (SSSR count). The SMILES string of the molecule is CCOC(=O)C[C@H](C(=O)OCC)[C@@H](NC(=O)[C@H](CC(C)C)NC(=O)OCc1ccccc1)C(=O)O. The molecule has 0 aliphatic carbocycles. The molecule has 3 atom stereocenters. The molecule has 0 fully saturated rings. The molecule has 1 aromatic rings. The highest BCUT2D eigenvalue weighted by molar-refractivity contribution is 5.93. The quantitative estimate of drug-likeness (QED) is 0.260. The summed E-state index contributed by atoms with van der Waals surface area (Å²) in [5.74, 6) is -5.75. The standard InChI is InChI=1S/C24H34N2O9/c1-5-33-19(27)13-17(23(31)34-6-2)20(22(29)30)26-21(28)18(12-15(3)4)25-24(32)35-14-16-10-8-7-9-11-16/h7-11,15,17-18,20H,5-6,12-14H2,1-4H3,(H,25,32)(H,26,28)(H,29,30)/t17-,18-,20+/m0/s1. The normalized spacial score (nSPS) is 13.2. The number of hydrogen-bond donors (Lipinski definition) is 3. The lowest BCUT2D eigenvalue weighted by atomic mass is 9.95. The number of nitrogens with one attached hydrogen (secondary N) is 2. The third kappa shape index (κ3) is 10.9. The molecule has 1 aromatic carbocycles. The molecule has 0 bridgehead atoms. The second-order valence-corrected chi connectivity index (χ2v) is 8.08. The fourth-order valence-corrected chi connectivity index (χ4v) is 3.18. The van der Waals surface area contributed by atoms with Crippen LogP contribution in [0.15, 0.2) is 30.3 Å². The summed E-state index contributed by atoms with van der Waals surface area (Å²) < 4.78 is 14.9. The summed E-state index contributed by atoms with van der Waals surface area (Å²) in [6.07, 6.45) is -1.30. The van der Waals surface area contributed by atoms with Crippen molar-refractivity contribution >= 4 is 29.9 Å². The zero-order valence-electron chi connectivity index (χ0n) is 20.4. The number of carbonyl (C=O) groups is 5. The average molecular weight is 495 g/mol. The lowest BCUT2D eigenvalue weighted by molar-refractivity contribution is -0.160. The van der Waals surface area contributed by atoms with Crippen LogP contribution >= 0.6 is 0 Å². The number of amides is 2. The van der Waals surface area contributed by atoms with E-state index in [9.17, 15) is 29.1 Å². The Morgan fingerprint density at radius 1 is 0.914 bits per heavy atom. The third-order valence-electron chi connectivity index (χ3n) is 4.78. The van der Waals surface area contributed by atoms with Gasteiger partial charge in [-0.1, -0.05) is 44.2 Å². The van der Waals surface area contributed by atoms with Crippen molar-refractivity contribution in [1.82, 2.24) is 10.6 Å². The van der Waals surface area contributed by atoms with E-state index in [1.54, 1.807) is 31.2 Å². The minimum atomic E-state index is -1.79. The number of carbonyl (C=O) groups excluding carboxylic acids is 4. The van der Waals surface area contributed by atoms with Gasteiger partial charge in [0.1, 0.15) is 18.7 Å². The summed E-state index contributed by atoms with van der Waals surface area (Å²) >= 11 is 0. The number of carboxylic acid groups (broad SMARTS) is 1. The van der Waals surface area contributed by atoms with Crippen LogP contribution in [0, 0.1) is 11.8 Å². The fraction of sp³-hybridized carbons (Fsp3) is 0.542. The molecule has 3 N–H and O–H groups in total. The Kier molecular flexibility index (Phi) is 12.9. The highest BCUT2D eigenvalue weighted by Crippen LogP contribution is 2.15. The Morgan fingerprint density at radius 3 is 2.09 bits per heavy atom. The van der Waals surface area contributed by atoms with Crippen LogP contribution in [0.3, 0.4) is 0 Å². The van der Waals surface area contributed by atoms with Gasteiger partial charge in [-0.05, 0) is 31.7 Å². The molecular formula is C24H34N2O9. The molecule has 0 heterocycles. The van der Waals surface area contributed by atoms with Crippen molar-refractivity contribution in [2.75, 3.05) is 13.2 Å². The Hall–Kier alpha value is -3.63. The minimum absolute atomic E-state index is 0.0229. The Bertz CT molecular complexity index is 858. The number of benzene rings is 1. The summed E-state index contributed by atoms with van der Waals surface area (Å²) in [7, 11) is 0. The van der Waals surface area contributed by atoms with Gasteiger partial charge in [0, 0.05) is 0 Å². The van der Waals surface area contributed by atoms with Crippen LogP contribution in [0.2, 0.25) is 0 Å². The first kappa shape index (κ1) is 29.4. The number of rotatable bonds is 14. The molecule has 0 saturated heterocycles. The van der Waals surface area contributed by atoms with Crippen LogP contribution in [-0.4, -0.2) is 60.3 Å². The predicted octanol–water partition coefficient (Wildman–Crippen LogP) is 2.03. The van der Waals surface area contributed by atoms with Gasteiger partial charge in [-0.15, -0.1) is 0 Å². The van der Waals surface area contributed by atoms with Crippen LogP contribution in [-0.2, 0) is 40.0 Å². The second kappa shape index (κ2) is 15.3. The number of alkyl carbamates (subject to hydrolysis) is 1. The van der Waals surface area contributed by atoms with Crippen molar-refractivity contribution in [3.63, 3.8) is 0 Å². The van der Waals surface area contributed by atoms with Gasteiger partial charge in [0.25, 0.3) is 0 Å². The predicted molar refractivity (Wildman–Crippen MR) is 124 cm³/mol. The average Bonchev–Trinajstić information content (AvgIpc) is 2.80. The molecule has 2 amide bonds. The van der Waals surface area contributed by atoms with Crippen molar-refractivity contribution in [2.45, 2.75) is 59.2 Å². The van der Waals surface area contributed by atoms with E-state index < -0.39 is 54.3 Å². The zero-order chi connectivity index (χ0) is 26.4. The van der Waals surface area contributed by atoms with Gasteiger partial charge in [-0.3, -0.25) is 14.4 Å². The molecule has 0 saturated carbocycles. The van der Waals surface area contributed by atoms with Gasteiger partial charge < -0.3 is 30.0 Å². The Labute approximate surface area is 204 Å². The van der Waals surface area contributed by atoms with Gasteiger partial charge >= 0.3 is 24.0 Å². The molecule has 0 aliphatic heterocycles. The first-order chi connectivity index (χ1) is 16.6. The monoisotopic (exact) mass is 494 g/mol. The van der Waals surface area contributed by atoms with Crippen molar-refractivity contribution in [1.29, 1.82) is 0 Å². The van der Waals surface area contributed by atoms with Crippen molar-refractivity contribution in [3.05, 3.63) is 35.9 Å². The number of hydrogen-bond acceptors (Lipinski definition) is 8. The number of ether oxygens (including phenoxy) is 3. The third-order valence-corrected chi connectivity index (χ3v) is 4.78. The Balaban J connectivity index is 2.99. The molecule has 194 valence electrons. The summed E-state index contributed by atoms with van der Waals surface area (Å²) in [6, 6.07) is 5.98. The van der Waals surface area contributed by atoms with E-state index in [4.69, 9.17) is 14.2 Å². The molecular weight excluding hydrogens is 460 g/mol. The highest BCUT2D eigenvalue weighted by atomic mass is 16.6. The van der Waals surface area contributed by atoms with E-state index in [1.807, 2.05) is 19.9 Å². The van der Waals surface area contributed by atoms with Crippen LogP contribution in [0.4, 0.5) is 4.79 Å². The van der Waals surface area contributed by atoms with Gasteiger partial charge in [0.05, 0.1) is 25.6 Å². The lowest BCUT2D eigenvalue weighted by Gasteiger charge is -2.26. The second-order valence-electron chi connectivity index (χ2n) is 8.08. The number of esters is 2. The first-order valence-corrected chi connectivity index (χ1v) is 11.4. The number of carboxylic acids is 1. The van der Waals surface area contributed by atoms with E-state index in [2.05, 4.69) is 10.6 Å². The zero-order valence-corrected chi connectivity index (χ0v) is 20.4. The van der Waals surface area contributed by atoms with E-state index in [0.29, 0.717) is 0 Å². The van der Waals surface area contributed by atoms with Gasteiger partial charge in [-0.25, -0.2) is 9.59 Å². The van der Waals surface area contributed by atoms with E-state index in [-0.39, 0.29) is 32.2 Å². The highest BCUT2D eigenvalue weighted by Gasteiger charge is 2.39. The van der Waals surface area contributed by atoms with Gasteiger partial charge in [-0.2, -0.15) is 0 Å². The Morgan fingerprint density at radius 2 is 1.54 bits per heavy atom. The van der Waals surface area contributed by atoms with E-state index in [1.165, 1.54) is 6.92 Å². The molecule has 0 radical (unpaired) electrons. The maximum Gasteiger partial charge on any atom is 0.408 e. The lowest BCUT2D eigenvalue weighted by Crippen LogP contribution is -2.55. The largest absolute Gasteiger partial charge is 0.480 e. The summed E-state index contributed by atoms with van der Waals surface area (Å²) in [5, 5.41) is 14.4. The molecule has 0 spiro atoms. The molecule has 11 heteroatoms. The minimum Gasteiger partial charge on any atom is -0.480 e. The maximum atomic E-state index is 13.0. The maximum absolute atomic E-state index is 13.0. The van der Waals surface area contributed by atoms with Crippen molar-refractivity contribution < 1.29 is 43.3 Å². The molecule has 11 nitrogen and oxygen atoms in total. The summed E-state index contributed by atoms with van der Waals surface area (Å²) in [4.78, 5) is 61.7. The molecule has 35 heavy (non-hydrogen) atoms. The van der Waals surface area contributed by atoms with Gasteiger partial charge in [0.15, 0.2) is 0 Å².